The lowest BCUT2D eigenvalue weighted by Crippen LogP contribution is -2.19. The van der Waals surface area contributed by atoms with Gasteiger partial charge in [0.05, 0.1) is 12.6 Å². The summed E-state index contributed by atoms with van der Waals surface area (Å²) in [5.74, 6) is 0. The van der Waals surface area contributed by atoms with Crippen LogP contribution < -0.4 is 5.32 Å². The van der Waals surface area contributed by atoms with Crippen molar-refractivity contribution in [2.45, 2.75) is 18.9 Å². The lowest BCUT2D eigenvalue weighted by atomic mass is 10.1. The summed E-state index contributed by atoms with van der Waals surface area (Å²) in [5, 5.41) is 11.7. The zero-order valence-corrected chi connectivity index (χ0v) is 7.46. The van der Waals surface area contributed by atoms with E-state index in [-0.39, 0.29) is 0 Å². The maximum atomic E-state index is 8.46. The minimum atomic E-state index is 0.399. The van der Waals surface area contributed by atoms with Gasteiger partial charge in [0.2, 0.25) is 0 Å². The standard InChI is InChI=1S/C11H12N2/c12-7-8-13-11-6-5-9-3-1-2-4-10(9)11/h1-4,11,13H,5-6,8H2/t11-/m1/s1. The van der Waals surface area contributed by atoms with Crippen molar-refractivity contribution in [1.29, 1.82) is 5.26 Å². The highest BCUT2D eigenvalue weighted by Gasteiger charge is 2.20. The summed E-state index contributed by atoms with van der Waals surface area (Å²) in [5.41, 5.74) is 2.80. The van der Waals surface area contributed by atoms with Gasteiger partial charge < -0.3 is 0 Å². The molecule has 1 aliphatic carbocycles. The highest BCUT2D eigenvalue weighted by Crippen LogP contribution is 2.30. The SMILES string of the molecule is N#CCN[C@@H]1CCc2ccccc21. The van der Waals surface area contributed by atoms with Crippen molar-refractivity contribution in [1.82, 2.24) is 5.32 Å². The smallest absolute Gasteiger partial charge is 0.0845 e. The summed E-state index contributed by atoms with van der Waals surface area (Å²) in [6, 6.07) is 11.0. The van der Waals surface area contributed by atoms with Crippen LogP contribution in [0, 0.1) is 11.3 Å². The topological polar surface area (TPSA) is 35.8 Å². The predicted molar refractivity (Wildman–Crippen MR) is 51.1 cm³/mol. The molecular weight excluding hydrogens is 160 g/mol. The molecule has 1 atom stereocenters. The molecule has 13 heavy (non-hydrogen) atoms. The van der Waals surface area contributed by atoms with Crippen molar-refractivity contribution in [3.8, 4) is 6.07 Å². The fourth-order valence-corrected chi connectivity index (χ4v) is 1.94. The number of nitrogens with one attached hydrogen (secondary N) is 1. The van der Waals surface area contributed by atoms with Gasteiger partial charge in [-0.1, -0.05) is 24.3 Å². The lowest BCUT2D eigenvalue weighted by Gasteiger charge is -2.10. The molecule has 0 saturated heterocycles. The zero-order valence-electron chi connectivity index (χ0n) is 7.46. The first-order valence-corrected chi connectivity index (χ1v) is 4.60. The Kier molecular flexibility index (Phi) is 2.29. The number of nitriles is 1. The summed E-state index contributed by atoms with van der Waals surface area (Å²) >= 11 is 0. The van der Waals surface area contributed by atoms with Crippen LogP contribution >= 0.6 is 0 Å². The molecule has 1 aliphatic rings. The molecule has 2 rings (SSSR count). The van der Waals surface area contributed by atoms with Gasteiger partial charge in [-0.05, 0) is 24.0 Å². The number of fused-ring (bicyclic) bond motifs is 1. The maximum absolute atomic E-state index is 8.46. The predicted octanol–water partition coefficient (Wildman–Crippen LogP) is 1.79. The first-order valence-electron chi connectivity index (χ1n) is 4.60. The Balaban J connectivity index is 2.15. The van der Waals surface area contributed by atoms with E-state index in [0.717, 1.165) is 12.8 Å². The number of hydrogen-bond acceptors (Lipinski definition) is 2. The van der Waals surface area contributed by atoms with E-state index < -0.39 is 0 Å². The molecule has 0 unspecified atom stereocenters. The largest absolute Gasteiger partial charge is 0.298 e. The van der Waals surface area contributed by atoms with Crippen molar-refractivity contribution in [3.05, 3.63) is 35.4 Å². The van der Waals surface area contributed by atoms with Crippen LogP contribution in [0.4, 0.5) is 0 Å². The first kappa shape index (κ1) is 8.28. The second kappa shape index (κ2) is 3.59. The number of aryl methyl sites for hydroxylation is 1. The normalized spacial score (nSPS) is 19.5. The minimum Gasteiger partial charge on any atom is -0.298 e. The third-order valence-corrected chi connectivity index (χ3v) is 2.56. The van der Waals surface area contributed by atoms with Crippen LogP contribution in [0.3, 0.4) is 0 Å². The van der Waals surface area contributed by atoms with Crippen molar-refractivity contribution in [2.24, 2.45) is 0 Å². The molecule has 1 N–H and O–H groups in total. The molecule has 0 aromatic heterocycles. The van der Waals surface area contributed by atoms with Gasteiger partial charge in [-0.15, -0.1) is 0 Å². The monoisotopic (exact) mass is 172 g/mol. The fourth-order valence-electron chi connectivity index (χ4n) is 1.94. The highest BCUT2D eigenvalue weighted by molar-refractivity contribution is 5.34. The number of nitrogens with zero attached hydrogens (tertiary/aromatic N) is 1. The van der Waals surface area contributed by atoms with E-state index in [4.69, 9.17) is 5.26 Å². The van der Waals surface area contributed by atoms with Gasteiger partial charge in [-0.3, -0.25) is 5.32 Å². The van der Waals surface area contributed by atoms with Gasteiger partial charge in [-0.25, -0.2) is 0 Å². The Morgan fingerprint density at radius 2 is 2.31 bits per heavy atom. The van der Waals surface area contributed by atoms with Gasteiger partial charge in [-0.2, -0.15) is 5.26 Å². The third-order valence-electron chi connectivity index (χ3n) is 2.56. The minimum absolute atomic E-state index is 0.399. The summed E-state index contributed by atoms with van der Waals surface area (Å²) in [6.45, 7) is 0.443. The molecule has 66 valence electrons. The van der Waals surface area contributed by atoms with E-state index in [1.165, 1.54) is 11.1 Å². The molecule has 1 aromatic rings. The molecule has 2 nitrogen and oxygen atoms in total. The summed E-state index contributed by atoms with van der Waals surface area (Å²) in [7, 11) is 0. The van der Waals surface area contributed by atoms with Crippen molar-refractivity contribution in [3.63, 3.8) is 0 Å². The summed E-state index contributed by atoms with van der Waals surface area (Å²) < 4.78 is 0. The lowest BCUT2D eigenvalue weighted by molar-refractivity contribution is 0.567. The Morgan fingerprint density at radius 3 is 3.15 bits per heavy atom. The van der Waals surface area contributed by atoms with E-state index in [2.05, 4.69) is 35.7 Å². The second-order valence-corrected chi connectivity index (χ2v) is 3.33. The molecule has 0 heterocycles. The second-order valence-electron chi connectivity index (χ2n) is 3.33. The Morgan fingerprint density at radius 1 is 1.46 bits per heavy atom. The molecule has 0 aliphatic heterocycles. The Hall–Kier alpha value is -1.33. The first-order chi connectivity index (χ1) is 6.42. The van der Waals surface area contributed by atoms with Crippen LogP contribution in [-0.4, -0.2) is 6.54 Å². The van der Waals surface area contributed by atoms with Gasteiger partial charge in [0, 0.05) is 6.04 Å². The van der Waals surface area contributed by atoms with Crippen LogP contribution in [0.25, 0.3) is 0 Å². The van der Waals surface area contributed by atoms with E-state index >= 15 is 0 Å². The maximum Gasteiger partial charge on any atom is 0.0845 e. The number of rotatable bonds is 2. The molecule has 1 aromatic carbocycles. The molecular formula is C11H12N2. The van der Waals surface area contributed by atoms with E-state index in [0.29, 0.717) is 12.6 Å². The van der Waals surface area contributed by atoms with Crippen molar-refractivity contribution in [2.75, 3.05) is 6.54 Å². The van der Waals surface area contributed by atoms with Gasteiger partial charge >= 0.3 is 0 Å². The Labute approximate surface area is 78.2 Å². The molecule has 0 amide bonds. The van der Waals surface area contributed by atoms with Crippen molar-refractivity contribution >= 4 is 0 Å². The molecule has 0 saturated carbocycles. The quantitative estimate of drug-likeness (QED) is 0.690. The van der Waals surface area contributed by atoms with E-state index in [9.17, 15) is 0 Å². The average molecular weight is 172 g/mol. The molecule has 0 bridgehead atoms. The summed E-state index contributed by atoms with van der Waals surface area (Å²) in [4.78, 5) is 0. The van der Waals surface area contributed by atoms with Crippen LogP contribution in [0.1, 0.15) is 23.6 Å². The van der Waals surface area contributed by atoms with Gasteiger partial charge in [0.1, 0.15) is 0 Å². The molecule has 2 heteroatoms. The van der Waals surface area contributed by atoms with Crippen LogP contribution in [-0.2, 0) is 6.42 Å². The number of hydrogen-bond donors (Lipinski definition) is 1. The van der Waals surface area contributed by atoms with E-state index in [1.54, 1.807) is 0 Å². The molecule has 0 radical (unpaired) electrons. The number of benzene rings is 1. The third kappa shape index (κ3) is 1.56. The van der Waals surface area contributed by atoms with E-state index in [1.807, 2.05) is 0 Å². The van der Waals surface area contributed by atoms with Gasteiger partial charge in [0.25, 0.3) is 0 Å². The van der Waals surface area contributed by atoms with Crippen molar-refractivity contribution < 1.29 is 0 Å². The fraction of sp³-hybridized carbons (Fsp3) is 0.364. The van der Waals surface area contributed by atoms with Crippen LogP contribution in [0.5, 0.6) is 0 Å². The van der Waals surface area contributed by atoms with Crippen LogP contribution in [0.15, 0.2) is 24.3 Å². The summed E-state index contributed by atoms with van der Waals surface area (Å²) in [6.07, 6.45) is 2.26. The molecule has 0 fully saturated rings. The molecule has 0 spiro atoms. The Bertz CT molecular complexity index is 338. The average Bonchev–Trinajstić information content (AvgIpc) is 2.58. The highest BCUT2D eigenvalue weighted by atomic mass is 14.9. The van der Waals surface area contributed by atoms with Gasteiger partial charge in [0.15, 0.2) is 0 Å². The van der Waals surface area contributed by atoms with Crippen LogP contribution in [0.2, 0.25) is 0 Å². The zero-order chi connectivity index (χ0) is 9.10.